The monoisotopic (exact) mass is 139 g/mol. The van der Waals surface area contributed by atoms with Gasteiger partial charge >= 0.3 is 0 Å². The highest BCUT2D eigenvalue weighted by atomic mass is 14.9. The van der Waals surface area contributed by atoms with Crippen LogP contribution in [0.1, 0.15) is 12.8 Å². The molecule has 0 spiro atoms. The third kappa shape index (κ3) is 2.31. The molecular weight excluding hydrogens is 123 g/mol. The van der Waals surface area contributed by atoms with Crippen molar-refractivity contribution in [1.82, 2.24) is 5.32 Å². The molecule has 1 saturated heterocycles. The summed E-state index contributed by atoms with van der Waals surface area (Å²) in [6.45, 7) is 4.25. The molecule has 1 aliphatic heterocycles. The van der Waals surface area contributed by atoms with Gasteiger partial charge in [0.1, 0.15) is 7.28 Å². The van der Waals surface area contributed by atoms with E-state index in [1.807, 2.05) is 0 Å². The van der Waals surface area contributed by atoms with Gasteiger partial charge in [-0.15, -0.1) is 0 Å². The highest BCUT2D eigenvalue weighted by Gasteiger charge is 2.15. The van der Waals surface area contributed by atoms with Gasteiger partial charge in [-0.2, -0.15) is 0 Å². The molecular formula is C7H16BN2. The summed E-state index contributed by atoms with van der Waals surface area (Å²) in [4.78, 5) is 0. The number of hydrogen-bond acceptors (Lipinski definition) is 2. The molecule has 0 bridgehead atoms. The number of nitrogens with two attached hydrogens (primary N) is 1. The molecule has 0 aromatic heterocycles. The quantitative estimate of drug-likeness (QED) is 0.510. The fourth-order valence-electron chi connectivity index (χ4n) is 1.47. The summed E-state index contributed by atoms with van der Waals surface area (Å²) >= 11 is 0. The van der Waals surface area contributed by atoms with E-state index in [1.54, 1.807) is 0 Å². The summed E-state index contributed by atoms with van der Waals surface area (Å²) in [5.74, 6) is 0.741. The van der Waals surface area contributed by atoms with E-state index >= 15 is 0 Å². The van der Waals surface area contributed by atoms with Crippen molar-refractivity contribution >= 4 is 7.28 Å². The molecule has 0 aromatic rings. The summed E-state index contributed by atoms with van der Waals surface area (Å²) in [6, 6.07) is 0.365. The average molecular weight is 139 g/mol. The first-order chi connectivity index (χ1) is 4.83. The molecule has 3 heteroatoms. The fourth-order valence-corrected chi connectivity index (χ4v) is 1.47. The van der Waals surface area contributed by atoms with Gasteiger partial charge in [0.2, 0.25) is 0 Å². The molecule has 0 aliphatic carbocycles. The van der Waals surface area contributed by atoms with E-state index in [0.717, 1.165) is 25.3 Å². The van der Waals surface area contributed by atoms with Crippen molar-refractivity contribution in [2.45, 2.75) is 31.5 Å². The molecule has 1 radical (unpaired) electrons. The van der Waals surface area contributed by atoms with E-state index in [4.69, 9.17) is 5.73 Å². The number of nitrogens with one attached hydrogen (secondary N) is 1. The van der Waals surface area contributed by atoms with Crippen LogP contribution in [-0.2, 0) is 0 Å². The first kappa shape index (κ1) is 8.09. The lowest BCUT2D eigenvalue weighted by Gasteiger charge is -2.12. The minimum absolute atomic E-state index is 0.365. The smallest absolute Gasteiger partial charge is 0.110 e. The Labute approximate surface area is 63.8 Å². The van der Waals surface area contributed by atoms with Crippen LogP contribution in [-0.4, -0.2) is 26.4 Å². The van der Waals surface area contributed by atoms with Gasteiger partial charge in [0.15, 0.2) is 0 Å². The van der Waals surface area contributed by atoms with Crippen LogP contribution in [0.15, 0.2) is 0 Å². The van der Waals surface area contributed by atoms with Crippen molar-refractivity contribution in [2.24, 2.45) is 5.73 Å². The Morgan fingerprint density at radius 1 is 1.60 bits per heavy atom. The largest absolute Gasteiger partial charge is 0.327 e. The van der Waals surface area contributed by atoms with E-state index in [0.29, 0.717) is 6.04 Å². The van der Waals surface area contributed by atoms with E-state index in [1.165, 1.54) is 6.42 Å². The Kier molecular flexibility index (Phi) is 3.22. The van der Waals surface area contributed by atoms with Crippen LogP contribution in [0.5, 0.6) is 0 Å². The zero-order valence-corrected chi connectivity index (χ0v) is 6.64. The van der Waals surface area contributed by atoms with Crippen LogP contribution >= 0.6 is 0 Å². The highest BCUT2D eigenvalue weighted by molar-refractivity contribution is 6.35. The molecule has 2 unspecified atom stereocenters. The van der Waals surface area contributed by atoms with Crippen LogP contribution in [0.2, 0.25) is 12.6 Å². The van der Waals surface area contributed by atoms with Crippen LogP contribution in [0.3, 0.4) is 0 Å². The van der Waals surface area contributed by atoms with E-state index in [2.05, 4.69) is 19.4 Å². The lowest BCUT2D eigenvalue weighted by molar-refractivity contribution is 0.599. The standard InChI is InChI=1S/C7H16BN2/c1-8-6-2-3-10-5-7(9)4-6/h6-7,10H,2-5,9H2,1H3. The summed E-state index contributed by atoms with van der Waals surface area (Å²) in [6.07, 6.45) is 2.41. The molecule has 3 N–H and O–H groups in total. The normalized spacial score (nSPS) is 35.0. The van der Waals surface area contributed by atoms with Gasteiger partial charge in [-0.25, -0.2) is 0 Å². The number of hydrogen-bond donors (Lipinski definition) is 2. The molecule has 0 saturated carbocycles. The first-order valence-electron chi connectivity index (χ1n) is 4.08. The molecule has 0 aromatic carbocycles. The van der Waals surface area contributed by atoms with Gasteiger partial charge in [-0.3, -0.25) is 0 Å². The summed E-state index contributed by atoms with van der Waals surface area (Å²) in [5.41, 5.74) is 5.82. The Morgan fingerprint density at radius 2 is 2.40 bits per heavy atom. The first-order valence-corrected chi connectivity index (χ1v) is 4.08. The predicted molar refractivity (Wildman–Crippen MR) is 45.4 cm³/mol. The Hall–Kier alpha value is -0.0151. The molecule has 1 aliphatic rings. The maximum Gasteiger partial charge on any atom is 0.110 e. The Bertz CT molecular complexity index is 97.6. The lowest BCUT2D eigenvalue weighted by atomic mass is 9.63. The average Bonchev–Trinajstić information content (AvgIpc) is 2.13. The molecule has 1 fully saturated rings. The zero-order chi connectivity index (χ0) is 7.40. The van der Waals surface area contributed by atoms with Crippen molar-refractivity contribution < 1.29 is 0 Å². The van der Waals surface area contributed by atoms with Crippen molar-refractivity contribution in [3.63, 3.8) is 0 Å². The second kappa shape index (κ2) is 3.99. The van der Waals surface area contributed by atoms with Gasteiger partial charge in [-0.05, 0) is 19.4 Å². The van der Waals surface area contributed by atoms with Crippen molar-refractivity contribution in [2.75, 3.05) is 13.1 Å². The third-order valence-electron chi connectivity index (χ3n) is 2.18. The number of rotatable bonds is 1. The maximum atomic E-state index is 5.82. The minimum Gasteiger partial charge on any atom is -0.327 e. The van der Waals surface area contributed by atoms with Gasteiger partial charge in [0.25, 0.3) is 0 Å². The Morgan fingerprint density at radius 3 is 3.10 bits per heavy atom. The lowest BCUT2D eigenvalue weighted by Crippen LogP contribution is -2.31. The highest BCUT2D eigenvalue weighted by Crippen LogP contribution is 2.17. The van der Waals surface area contributed by atoms with E-state index < -0.39 is 0 Å². The van der Waals surface area contributed by atoms with Gasteiger partial charge in [-0.1, -0.05) is 12.6 Å². The van der Waals surface area contributed by atoms with E-state index in [-0.39, 0.29) is 0 Å². The summed E-state index contributed by atoms with van der Waals surface area (Å²) in [7, 11) is 2.27. The maximum absolute atomic E-state index is 5.82. The third-order valence-corrected chi connectivity index (χ3v) is 2.18. The zero-order valence-electron chi connectivity index (χ0n) is 6.64. The van der Waals surface area contributed by atoms with Gasteiger partial charge < -0.3 is 11.1 Å². The van der Waals surface area contributed by atoms with Crippen LogP contribution in [0.25, 0.3) is 0 Å². The van der Waals surface area contributed by atoms with Gasteiger partial charge in [0.05, 0.1) is 0 Å². The SMILES string of the molecule is C[B]C1CCNCC(N)C1. The summed E-state index contributed by atoms with van der Waals surface area (Å²) < 4.78 is 0. The molecule has 1 heterocycles. The minimum atomic E-state index is 0.365. The second-order valence-corrected chi connectivity index (χ2v) is 3.08. The van der Waals surface area contributed by atoms with Crippen LogP contribution in [0, 0.1) is 0 Å². The van der Waals surface area contributed by atoms with Crippen molar-refractivity contribution in [3.8, 4) is 0 Å². The van der Waals surface area contributed by atoms with Crippen LogP contribution < -0.4 is 11.1 Å². The molecule has 0 amide bonds. The fraction of sp³-hybridized carbons (Fsp3) is 1.00. The predicted octanol–water partition coefficient (Wildman–Crippen LogP) is 0.238. The molecule has 1 rings (SSSR count). The summed E-state index contributed by atoms with van der Waals surface area (Å²) in [5, 5.41) is 3.32. The molecule has 2 nitrogen and oxygen atoms in total. The topological polar surface area (TPSA) is 38.0 Å². The molecule has 57 valence electrons. The van der Waals surface area contributed by atoms with Crippen molar-refractivity contribution in [1.29, 1.82) is 0 Å². The van der Waals surface area contributed by atoms with Crippen LogP contribution in [0.4, 0.5) is 0 Å². The second-order valence-electron chi connectivity index (χ2n) is 3.08. The van der Waals surface area contributed by atoms with Crippen molar-refractivity contribution in [3.05, 3.63) is 0 Å². The molecule has 2 atom stereocenters. The van der Waals surface area contributed by atoms with E-state index in [9.17, 15) is 0 Å². The molecule has 10 heavy (non-hydrogen) atoms. The Balaban J connectivity index is 2.30. The van der Waals surface area contributed by atoms with Gasteiger partial charge in [0, 0.05) is 12.6 Å².